The van der Waals surface area contributed by atoms with Crippen molar-refractivity contribution in [2.75, 3.05) is 6.54 Å². The van der Waals surface area contributed by atoms with Crippen LogP contribution < -0.4 is 0 Å². The van der Waals surface area contributed by atoms with Crippen LogP contribution in [0, 0.1) is 23.2 Å². The summed E-state index contributed by atoms with van der Waals surface area (Å²) in [6, 6.07) is 6.77. The van der Waals surface area contributed by atoms with Gasteiger partial charge >= 0.3 is 0 Å². The Morgan fingerprint density at radius 2 is 1.77 bits per heavy atom. The highest BCUT2D eigenvalue weighted by molar-refractivity contribution is 6.69. The van der Waals surface area contributed by atoms with Gasteiger partial charge in [0.25, 0.3) is 11.8 Å². The lowest BCUT2D eigenvalue weighted by Gasteiger charge is -2.42. The zero-order valence-corrected chi connectivity index (χ0v) is 18.7. The quantitative estimate of drug-likeness (QED) is 0.325. The zero-order chi connectivity index (χ0) is 21.7. The summed E-state index contributed by atoms with van der Waals surface area (Å²) in [6.07, 6.45) is 5.87. The van der Waals surface area contributed by atoms with Gasteiger partial charge in [0.2, 0.25) is 0 Å². The molecule has 1 aromatic carbocycles. The summed E-state index contributed by atoms with van der Waals surface area (Å²) in [4.78, 5) is 39.4. The van der Waals surface area contributed by atoms with Gasteiger partial charge < -0.3 is 4.43 Å². The molecule has 1 aromatic rings. The molecule has 0 spiro atoms. The molecule has 2 amide bonds. The molecule has 6 heteroatoms. The van der Waals surface area contributed by atoms with E-state index >= 15 is 0 Å². The highest BCUT2D eigenvalue weighted by Crippen LogP contribution is 2.48. The van der Waals surface area contributed by atoms with Gasteiger partial charge in [0.1, 0.15) is 5.41 Å². The molecule has 4 rings (SSSR count). The van der Waals surface area contributed by atoms with Crippen molar-refractivity contribution in [2.45, 2.75) is 39.1 Å². The molecule has 154 valence electrons. The second-order valence-electron chi connectivity index (χ2n) is 9.11. The summed E-state index contributed by atoms with van der Waals surface area (Å²) < 4.78 is 6.40. The standard InChI is InChI=1S/C24H25NO4Si/c1-16-14-17-10-11-20(26)24(17,21(15-16)29-30(2,3)4)12-7-13-25-22(27)18-8-5-6-9-19(18)23(25)28/h5-6,8-11,15,17,21H,13-14H2,1-4H3/t17?,21-,24-/m0/s1. The molecule has 0 fully saturated rings. The number of ketones is 1. The third-order valence-electron chi connectivity index (χ3n) is 5.79. The van der Waals surface area contributed by atoms with Crippen molar-refractivity contribution >= 4 is 25.9 Å². The van der Waals surface area contributed by atoms with Crippen molar-refractivity contribution < 1.29 is 18.8 Å². The SMILES string of the molecule is CC1=C[C@H](O[Si](C)(C)C)[C@]2(C#CCN3C(=O)c4ccccc4C3=O)C(=O)C=CC2C1. The van der Waals surface area contributed by atoms with Gasteiger partial charge in [-0.15, -0.1) is 0 Å². The van der Waals surface area contributed by atoms with Crippen LogP contribution in [-0.4, -0.2) is 43.5 Å². The third-order valence-corrected chi connectivity index (χ3v) is 6.75. The van der Waals surface area contributed by atoms with Gasteiger partial charge in [0.05, 0.1) is 23.8 Å². The average Bonchev–Trinajstić information content (AvgIpc) is 3.11. The van der Waals surface area contributed by atoms with Gasteiger partial charge in [-0.3, -0.25) is 19.3 Å². The Morgan fingerprint density at radius 1 is 1.13 bits per heavy atom. The van der Waals surface area contributed by atoms with Crippen LogP contribution in [0.4, 0.5) is 0 Å². The molecule has 5 nitrogen and oxygen atoms in total. The van der Waals surface area contributed by atoms with Gasteiger partial charge in [-0.05, 0) is 51.2 Å². The van der Waals surface area contributed by atoms with Crippen LogP contribution in [0.15, 0.2) is 48.1 Å². The monoisotopic (exact) mass is 419 g/mol. The number of amides is 2. The first-order valence-electron chi connectivity index (χ1n) is 10.2. The fraction of sp³-hybridized carbons (Fsp3) is 0.375. The predicted molar refractivity (Wildman–Crippen MR) is 116 cm³/mol. The number of carbonyl (C=O) groups excluding carboxylic acids is 3. The lowest BCUT2D eigenvalue weighted by molar-refractivity contribution is -0.125. The van der Waals surface area contributed by atoms with E-state index < -0.39 is 19.8 Å². The Labute approximate surface area is 177 Å². The van der Waals surface area contributed by atoms with E-state index in [1.807, 2.05) is 19.1 Å². The first kappa shape index (κ1) is 20.5. The van der Waals surface area contributed by atoms with Crippen molar-refractivity contribution in [1.82, 2.24) is 4.90 Å². The Bertz CT molecular complexity index is 1030. The first-order valence-corrected chi connectivity index (χ1v) is 13.6. The molecule has 1 heterocycles. The molecule has 1 aliphatic heterocycles. The normalized spacial score (nSPS) is 27.5. The van der Waals surface area contributed by atoms with E-state index in [0.717, 1.165) is 11.3 Å². The number of benzene rings is 1. The first-order chi connectivity index (χ1) is 14.1. The van der Waals surface area contributed by atoms with E-state index in [1.165, 1.54) is 5.57 Å². The van der Waals surface area contributed by atoms with Gasteiger partial charge in [0, 0.05) is 5.92 Å². The van der Waals surface area contributed by atoms with E-state index in [0.29, 0.717) is 11.1 Å². The smallest absolute Gasteiger partial charge is 0.262 e. The van der Waals surface area contributed by atoms with E-state index in [9.17, 15) is 14.4 Å². The second-order valence-corrected chi connectivity index (χ2v) is 13.6. The Kier molecular flexibility index (Phi) is 4.92. The molecule has 3 aliphatic rings. The molecule has 0 saturated heterocycles. The Morgan fingerprint density at radius 3 is 2.37 bits per heavy atom. The second kappa shape index (κ2) is 7.19. The summed E-state index contributed by atoms with van der Waals surface area (Å²) >= 11 is 0. The van der Waals surface area contributed by atoms with Gasteiger partial charge in [-0.1, -0.05) is 41.7 Å². The number of fused-ring (bicyclic) bond motifs is 2. The Balaban J connectivity index is 1.66. The molecule has 0 N–H and O–H groups in total. The maximum Gasteiger partial charge on any atom is 0.262 e. The molecule has 0 saturated carbocycles. The van der Waals surface area contributed by atoms with Crippen molar-refractivity contribution in [3.05, 3.63) is 59.2 Å². The van der Waals surface area contributed by atoms with Crippen LogP contribution in [0.25, 0.3) is 0 Å². The third kappa shape index (κ3) is 3.28. The number of carbonyl (C=O) groups is 3. The minimum Gasteiger partial charge on any atom is -0.409 e. The van der Waals surface area contributed by atoms with Crippen molar-refractivity contribution in [3.8, 4) is 11.8 Å². The highest BCUT2D eigenvalue weighted by Gasteiger charge is 2.54. The van der Waals surface area contributed by atoms with Crippen LogP contribution in [0.5, 0.6) is 0 Å². The van der Waals surface area contributed by atoms with Crippen LogP contribution in [0.2, 0.25) is 19.6 Å². The minimum atomic E-state index is -1.95. The molecule has 3 atom stereocenters. The van der Waals surface area contributed by atoms with Crippen LogP contribution in [-0.2, 0) is 9.22 Å². The number of nitrogens with zero attached hydrogens (tertiary/aromatic N) is 1. The Hall–Kier alpha value is -2.75. The average molecular weight is 420 g/mol. The van der Waals surface area contributed by atoms with Crippen LogP contribution >= 0.6 is 0 Å². The topological polar surface area (TPSA) is 63.7 Å². The van der Waals surface area contributed by atoms with E-state index in [-0.39, 0.29) is 30.1 Å². The summed E-state index contributed by atoms with van der Waals surface area (Å²) in [5, 5.41) is 0. The van der Waals surface area contributed by atoms with Crippen molar-refractivity contribution in [3.63, 3.8) is 0 Å². The minimum absolute atomic E-state index is 0.0452. The molecule has 0 bridgehead atoms. The largest absolute Gasteiger partial charge is 0.409 e. The summed E-state index contributed by atoms with van der Waals surface area (Å²) in [5.74, 6) is 5.36. The van der Waals surface area contributed by atoms with Gasteiger partial charge in [-0.2, -0.15) is 0 Å². The van der Waals surface area contributed by atoms with Crippen LogP contribution in [0.3, 0.4) is 0 Å². The molecule has 0 radical (unpaired) electrons. The highest BCUT2D eigenvalue weighted by atomic mass is 28.4. The number of allylic oxidation sites excluding steroid dienone is 3. The molecule has 1 unspecified atom stereocenters. The molecular weight excluding hydrogens is 394 g/mol. The predicted octanol–water partition coefficient (Wildman–Crippen LogP) is 3.60. The number of hydrogen-bond donors (Lipinski definition) is 0. The van der Waals surface area contributed by atoms with E-state index in [1.54, 1.807) is 30.3 Å². The molecule has 0 aromatic heterocycles. The van der Waals surface area contributed by atoms with E-state index in [4.69, 9.17) is 4.43 Å². The maximum atomic E-state index is 13.0. The van der Waals surface area contributed by atoms with Gasteiger partial charge in [-0.25, -0.2) is 0 Å². The van der Waals surface area contributed by atoms with Crippen molar-refractivity contribution in [1.29, 1.82) is 0 Å². The lowest BCUT2D eigenvalue weighted by atomic mass is 9.66. The van der Waals surface area contributed by atoms with Crippen LogP contribution in [0.1, 0.15) is 34.1 Å². The number of rotatable bonds is 3. The summed E-state index contributed by atoms with van der Waals surface area (Å²) in [6.45, 7) is 8.27. The molecular formula is C24H25NO4Si. The fourth-order valence-corrected chi connectivity index (χ4v) is 5.46. The molecule has 30 heavy (non-hydrogen) atoms. The van der Waals surface area contributed by atoms with Gasteiger partial charge in [0.15, 0.2) is 14.1 Å². The molecule has 2 aliphatic carbocycles. The summed E-state index contributed by atoms with van der Waals surface area (Å²) in [5.41, 5.74) is 0.990. The van der Waals surface area contributed by atoms with Crippen molar-refractivity contribution in [2.24, 2.45) is 11.3 Å². The van der Waals surface area contributed by atoms with E-state index in [2.05, 4.69) is 31.5 Å². The maximum absolute atomic E-state index is 13.0. The fourth-order valence-electron chi connectivity index (χ4n) is 4.44. The number of imide groups is 1. The lowest BCUT2D eigenvalue weighted by Crippen LogP contribution is -2.50. The zero-order valence-electron chi connectivity index (χ0n) is 17.7. The number of hydrogen-bond acceptors (Lipinski definition) is 4. The summed E-state index contributed by atoms with van der Waals surface area (Å²) in [7, 11) is -1.95.